The second-order valence-corrected chi connectivity index (χ2v) is 8.56. The first-order valence-electron chi connectivity index (χ1n) is 11.1. The molecule has 0 bridgehead atoms. The molecule has 0 aromatic carbocycles. The smallest absolute Gasteiger partial charge is 0.193 e. The minimum absolute atomic E-state index is 0.113. The van der Waals surface area contributed by atoms with E-state index in [1.807, 2.05) is 0 Å². The van der Waals surface area contributed by atoms with Crippen LogP contribution in [0.3, 0.4) is 0 Å². The van der Waals surface area contributed by atoms with Gasteiger partial charge in [0.1, 0.15) is 0 Å². The van der Waals surface area contributed by atoms with Gasteiger partial charge in [-0.05, 0) is 59.5 Å². The Morgan fingerprint density at radius 3 is 2.54 bits per heavy atom. The summed E-state index contributed by atoms with van der Waals surface area (Å²) in [6.45, 7) is 9.17. The lowest BCUT2D eigenvalue weighted by Gasteiger charge is -2.42. The monoisotopic (exact) mass is 396 g/mol. The van der Waals surface area contributed by atoms with E-state index in [2.05, 4.69) is 36.1 Å². The number of aliphatic imine (C=N–C) groups is 1. The molecule has 0 aromatic heterocycles. The molecule has 162 valence electrons. The maximum Gasteiger partial charge on any atom is 0.193 e. The Hall–Kier alpha value is -0.890. The summed E-state index contributed by atoms with van der Waals surface area (Å²) in [6, 6.07) is 0. The van der Waals surface area contributed by atoms with Crippen LogP contribution in [0.1, 0.15) is 45.4 Å². The van der Waals surface area contributed by atoms with E-state index in [-0.39, 0.29) is 5.54 Å². The second-order valence-electron chi connectivity index (χ2n) is 8.56. The van der Waals surface area contributed by atoms with Gasteiger partial charge in [-0.3, -0.25) is 4.99 Å². The highest BCUT2D eigenvalue weighted by Crippen LogP contribution is 2.26. The third-order valence-corrected chi connectivity index (χ3v) is 6.51. The summed E-state index contributed by atoms with van der Waals surface area (Å²) in [5.74, 6) is 1.05. The van der Waals surface area contributed by atoms with Crippen LogP contribution < -0.4 is 5.32 Å². The van der Waals surface area contributed by atoms with Crippen LogP contribution >= 0.6 is 0 Å². The molecule has 0 saturated carbocycles. The van der Waals surface area contributed by atoms with Gasteiger partial charge in [0.25, 0.3) is 0 Å². The molecule has 0 amide bonds. The van der Waals surface area contributed by atoms with Gasteiger partial charge in [0.2, 0.25) is 0 Å². The van der Waals surface area contributed by atoms with E-state index in [1.165, 1.54) is 6.42 Å². The van der Waals surface area contributed by atoms with Crippen molar-refractivity contribution >= 4 is 5.96 Å². The van der Waals surface area contributed by atoms with Crippen molar-refractivity contribution in [3.05, 3.63) is 0 Å². The quantitative estimate of drug-likeness (QED) is 0.522. The van der Waals surface area contributed by atoms with Crippen molar-refractivity contribution < 1.29 is 14.2 Å². The first-order chi connectivity index (χ1) is 13.6. The Morgan fingerprint density at radius 1 is 1.18 bits per heavy atom. The summed E-state index contributed by atoms with van der Waals surface area (Å²) >= 11 is 0. The minimum atomic E-state index is 0.113. The van der Waals surface area contributed by atoms with Crippen molar-refractivity contribution in [1.82, 2.24) is 15.1 Å². The van der Waals surface area contributed by atoms with Crippen LogP contribution in [0.25, 0.3) is 0 Å². The van der Waals surface area contributed by atoms with E-state index in [9.17, 15) is 0 Å². The lowest BCUT2D eigenvalue weighted by Crippen LogP contribution is -2.52. The fourth-order valence-corrected chi connectivity index (χ4v) is 4.40. The van der Waals surface area contributed by atoms with Crippen molar-refractivity contribution in [3.63, 3.8) is 0 Å². The van der Waals surface area contributed by atoms with E-state index >= 15 is 0 Å². The molecule has 7 heteroatoms. The third kappa shape index (κ3) is 5.81. The fraction of sp³-hybridized carbons (Fsp3) is 0.952. The number of nitrogens with one attached hydrogen (secondary N) is 1. The van der Waals surface area contributed by atoms with Crippen LogP contribution in [0.4, 0.5) is 0 Å². The van der Waals surface area contributed by atoms with Gasteiger partial charge >= 0.3 is 0 Å². The average Bonchev–Trinajstić information content (AvgIpc) is 3.24. The number of hydrogen-bond donors (Lipinski definition) is 1. The lowest BCUT2D eigenvalue weighted by atomic mass is 9.89. The van der Waals surface area contributed by atoms with Crippen LogP contribution in [0.5, 0.6) is 0 Å². The predicted molar refractivity (Wildman–Crippen MR) is 112 cm³/mol. The van der Waals surface area contributed by atoms with Gasteiger partial charge in [0.05, 0.1) is 25.4 Å². The highest BCUT2D eigenvalue weighted by Gasteiger charge is 2.35. The molecule has 1 atom stereocenters. The van der Waals surface area contributed by atoms with Gasteiger partial charge in [-0.2, -0.15) is 0 Å². The summed E-state index contributed by atoms with van der Waals surface area (Å²) in [4.78, 5) is 9.80. The van der Waals surface area contributed by atoms with Crippen LogP contribution in [0.2, 0.25) is 0 Å². The number of hydrogen-bond acceptors (Lipinski definition) is 5. The zero-order chi connectivity index (χ0) is 19.8. The Balaban J connectivity index is 1.51. The molecule has 1 N–H and O–H groups in total. The minimum Gasteiger partial charge on any atom is -0.381 e. The van der Waals surface area contributed by atoms with E-state index in [1.54, 1.807) is 0 Å². The Bertz CT molecular complexity index is 480. The Morgan fingerprint density at radius 2 is 1.93 bits per heavy atom. The molecule has 3 aliphatic rings. The summed E-state index contributed by atoms with van der Waals surface area (Å²) < 4.78 is 17.4. The van der Waals surface area contributed by atoms with Crippen LogP contribution in [-0.4, -0.2) is 100 Å². The molecular formula is C21H40N4O3. The van der Waals surface area contributed by atoms with Crippen LogP contribution in [0.15, 0.2) is 4.99 Å². The van der Waals surface area contributed by atoms with E-state index < -0.39 is 0 Å². The van der Waals surface area contributed by atoms with Crippen molar-refractivity contribution in [1.29, 1.82) is 0 Å². The first-order valence-corrected chi connectivity index (χ1v) is 11.1. The molecule has 1 unspecified atom stereocenters. The molecule has 3 rings (SSSR count). The van der Waals surface area contributed by atoms with Crippen molar-refractivity contribution in [2.75, 3.05) is 66.7 Å². The second kappa shape index (κ2) is 10.8. The molecular weight excluding hydrogens is 356 g/mol. The van der Waals surface area contributed by atoms with Gasteiger partial charge < -0.3 is 29.3 Å². The molecule has 0 radical (unpaired) electrons. The molecule has 3 aliphatic heterocycles. The molecule has 3 saturated heterocycles. The number of guanidine groups is 1. The molecule has 0 aliphatic carbocycles. The van der Waals surface area contributed by atoms with Gasteiger partial charge in [-0.15, -0.1) is 0 Å². The Kier molecular flexibility index (Phi) is 8.38. The zero-order valence-corrected chi connectivity index (χ0v) is 18.1. The molecule has 0 aromatic rings. The van der Waals surface area contributed by atoms with Gasteiger partial charge in [0.15, 0.2) is 5.96 Å². The number of piperidine rings is 1. The van der Waals surface area contributed by atoms with E-state index in [4.69, 9.17) is 19.2 Å². The molecule has 0 spiro atoms. The fourth-order valence-electron chi connectivity index (χ4n) is 4.40. The molecule has 3 heterocycles. The van der Waals surface area contributed by atoms with Gasteiger partial charge in [-0.1, -0.05) is 0 Å². The third-order valence-electron chi connectivity index (χ3n) is 6.51. The van der Waals surface area contributed by atoms with Crippen LogP contribution in [-0.2, 0) is 14.2 Å². The summed E-state index contributed by atoms with van der Waals surface area (Å²) in [7, 11) is 4.34. The maximum absolute atomic E-state index is 6.13. The maximum atomic E-state index is 6.13. The van der Waals surface area contributed by atoms with Gasteiger partial charge in [-0.25, -0.2) is 0 Å². The first kappa shape index (κ1) is 21.8. The number of rotatable bonds is 7. The molecule has 7 nitrogen and oxygen atoms in total. The van der Waals surface area contributed by atoms with Crippen molar-refractivity contribution in [2.45, 2.75) is 63.2 Å². The van der Waals surface area contributed by atoms with Crippen molar-refractivity contribution in [2.24, 2.45) is 4.99 Å². The predicted octanol–water partition coefficient (Wildman–Crippen LogP) is 1.72. The highest BCUT2D eigenvalue weighted by molar-refractivity contribution is 5.80. The number of ether oxygens (including phenoxy) is 3. The Labute approximate surface area is 170 Å². The summed E-state index contributed by atoms with van der Waals surface area (Å²) in [6.07, 6.45) is 7.20. The van der Waals surface area contributed by atoms with Crippen molar-refractivity contribution in [3.8, 4) is 0 Å². The number of nitrogens with zero attached hydrogens (tertiary/aromatic N) is 3. The van der Waals surface area contributed by atoms with E-state index in [0.717, 1.165) is 90.7 Å². The molecule has 28 heavy (non-hydrogen) atoms. The number of likely N-dealkylation sites (tertiary alicyclic amines) is 1. The van der Waals surface area contributed by atoms with Gasteiger partial charge in [0, 0.05) is 45.0 Å². The summed E-state index contributed by atoms with van der Waals surface area (Å²) in [5, 5.41) is 3.50. The average molecular weight is 397 g/mol. The zero-order valence-electron chi connectivity index (χ0n) is 18.1. The standard InChI is InChI=1S/C21H40N4O3/c1-4-22-20(23-17-21(24(2)3)9-14-26-15-10-21)25-11-7-18(8-12-25)28-16-19-6-5-13-27-19/h18-19H,4-17H2,1-3H3,(H,22,23). The molecule has 3 fully saturated rings. The topological polar surface area (TPSA) is 58.6 Å². The highest BCUT2D eigenvalue weighted by atomic mass is 16.5. The lowest BCUT2D eigenvalue weighted by molar-refractivity contribution is -0.0368. The van der Waals surface area contributed by atoms with Crippen LogP contribution in [0, 0.1) is 0 Å². The SMILES string of the molecule is CCNC(=NCC1(N(C)C)CCOCC1)N1CCC(OCC2CCCO2)CC1. The van der Waals surface area contributed by atoms with E-state index in [0.29, 0.717) is 12.2 Å². The summed E-state index contributed by atoms with van der Waals surface area (Å²) in [5.41, 5.74) is 0.113. The largest absolute Gasteiger partial charge is 0.381 e. The normalized spacial score (nSPS) is 26.8. The number of likely N-dealkylation sites (N-methyl/N-ethyl adjacent to an activating group) is 1.